The first-order chi connectivity index (χ1) is 10.1. The van der Waals surface area contributed by atoms with E-state index in [0.29, 0.717) is 6.04 Å². The van der Waals surface area contributed by atoms with Crippen molar-refractivity contribution < 1.29 is 0 Å². The Balaban J connectivity index is 0.000000713. The van der Waals surface area contributed by atoms with Gasteiger partial charge in [0.2, 0.25) is 0 Å². The van der Waals surface area contributed by atoms with Crippen LogP contribution in [0.2, 0.25) is 0 Å². The average Bonchev–Trinajstić information content (AvgIpc) is 2.67. The van der Waals surface area contributed by atoms with Crippen LogP contribution in [-0.4, -0.2) is 42.5 Å². The monoisotopic (exact) mass is 290 g/mol. The van der Waals surface area contributed by atoms with E-state index in [1.807, 2.05) is 20.8 Å². The van der Waals surface area contributed by atoms with E-state index >= 15 is 0 Å². The highest BCUT2D eigenvalue weighted by Crippen LogP contribution is 2.19. The minimum absolute atomic E-state index is 0.612. The van der Waals surface area contributed by atoms with Crippen molar-refractivity contribution in [3.8, 4) is 0 Å². The summed E-state index contributed by atoms with van der Waals surface area (Å²) in [4.78, 5) is 4.93. The molecule has 2 nitrogen and oxygen atoms in total. The third-order valence-corrected chi connectivity index (χ3v) is 3.43. The highest BCUT2D eigenvalue weighted by atomic mass is 15.3. The lowest BCUT2D eigenvalue weighted by Crippen LogP contribution is -2.49. The predicted molar refractivity (Wildman–Crippen MR) is 96.5 cm³/mol. The molecule has 0 saturated carbocycles. The molecule has 0 spiro atoms. The normalized spacial score (nSPS) is 21.8. The molecule has 21 heavy (non-hydrogen) atoms. The minimum Gasteiger partial charge on any atom is -0.366 e. The van der Waals surface area contributed by atoms with Gasteiger partial charge in [-0.25, -0.2) is 0 Å². The van der Waals surface area contributed by atoms with Crippen LogP contribution in [0.3, 0.4) is 0 Å². The number of hydrogen-bond acceptors (Lipinski definition) is 2. The van der Waals surface area contributed by atoms with E-state index in [4.69, 9.17) is 0 Å². The average molecular weight is 290 g/mol. The Labute approximate surface area is 132 Å². The van der Waals surface area contributed by atoms with E-state index in [2.05, 4.69) is 61.6 Å². The summed E-state index contributed by atoms with van der Waals surface area (Å²) >= 11 is 0. The fraction of sp³-hybridized carbons (Fsp3) is 0.579. The Bertz CT molecular complexity index is 377. The molecule has 2 rings (SSSR count). The first-order valence-electron chi connectivity index (χ1n) is 8.14. The Morgan fingerprint density at radius 3 is 2.43 bits per heavy atom. The summed E-state index contributed by atoms with van der Waals surface area (Å²) in [5, 5.41) is 0. The molecule has 0 aromatic rings. The lowest BCUT2D eigenvalue weighted by Gasteiger charge is -2.40. The van der Waals surface area contributed by atoms with Crippen molar-refractivity contribution in [2.75, 3.05) is 26.7 Å². The number of allylic oxidation sites excluding steroid dienone is 6. The van der Waals surface area contributed by atoms with Crippen molar-refractivity contribution >= 4 is 0 Å². The maximum atomic E-state index is 3.36. The Hall–Kier alpha value is -1.28. The zero-order valence-corrected chi connectivity index (χ0v) is 14.9. The fourth-order valence-corrected chi connectivity index (χ4v) is 2.43. The molecule has 120 valence electrons. The summed E-state index contributed by atoms with van der Waals surface area (Å²) < 4.78 is 0. The van der Waals surface area contributed by atoms with Gasteiger partial charge in [0.25, 0.3) is 0 Å². The first kappa shape index (κ1) is 19.7. The highest BCUT2D eigenvalue weighted by Gasteiger charge is 2.22. The van der Waals surface area contributed by atoms with E-state index in [-0.39, 0.29) is 0 Å². The maximum absolute atomic E-state index is 3.36. The lowest BCUT2D eigenvalue weighted by molar-refractivity contribution is 0.135. The van der Waals surface area contributed by atoms with Gasteiger partial charge in [0.1, 0.15) is 0 Å². The largest absolute Gasteiger partial charge is 0.366 e. The van der Waals surface area contributed by atoms with Crippen LogP contribution < -0.4 is 0 Å². The van der Waals surface area contributed by atoms with Gasteiger partial charge >= 0.3 is 0 Å². The molecule has 2 aliphatic rings. The molecule has 1 fully saturated rings. The maximum Gasteiger partial charge on any atom is 0.0389 e. The molecule has 1 heterocycles. The summed E-state index contributed by atoms with van der Waals surface area (Å²) in [6.07, 6.45) is 11.9. The molecule has 0 N–H and O–H groups in total. The zero-order chi connectivity index (χ0) is 16.3. The van der Waals surface area contributed by atoms with E-state index < -0.39 is 0 Å². The second kappa shape index (κ2) is 11.4. The molecule has 0 radical (unpaired) electrons. The number of hydrogen-bond donors (Lipinski definition) is 0. The molecule has 0 amide bonds. The van der Waals surface area contributed by atoms with Crippen LogP contribution in [0.25, 0.3) is 0 Å². The summed E-state index contributed by atoms with van der Waals surface area (Å²) in [7, 11) is 2.20. The Kier molecular flexibility index (Phi) is 10.7. The SMILES string of the molecule is C=CC.CC.CC1=CC=C(N2CCN(C)CC2C)C=CC1. The van der Waals surface area contributed by atoms with Crippen molar-refractivity contribution in [2.24, 2.45) is 0 Å². The van der Waals surface area contributed by atoms with Gasteiger partial charge in [0.05, 0.1) is 0 Å². The Morgan fingerprint density at radius 2 is 1.86 bits per heavy atom. The van der Waals surface area contributed by atoms with Crippen molar-refractivity contribution in [1.82, 2.24) is 9.80 Å². The van der Waals surface area contributed by atoms with Crippen LogP contribution in [0, 0.1) is 0 Å². The van der Waals surface area contributed by atoms with Crippen LogP contribution >= 0.6 is 0 Å². The molecule has 1 saturated heterocycles. The summed E-state index contributed by atoms with van der Waals surface area (Å²) in [5.74, 6) is 0. The number of likely N-dealkylation sites (N-methyl/N-ethyl adjacent to an activating group) is 1. The van der Waals surface area contributed by atoms with Gasteiger partial charge in [-0.05, 0) is 46.4 Å². The molecule has 0 aromatic heterocycles. The summed E-state index contributed by atoms with van der Waals surface area (Å²) in [6, 6.07) is 0.612. The van der Waals surface area contributed by atoms with Gasteiger partial charge in [-0.1, -0.05) is 37.6 Å². The van der Waals surface area contributed by atoms with Gasteiger partial charge in [0.15, 0.2) is 0 Å². The standard InChI is InChI=1S/C14H22N2.C3H6.C2H6/c1-12-5-4-6-14(8-7-12)16-10-9-15(3)11-13(16)2;1-3-2;1-2/h4,6-8,13H,5,9-11H2,1-3H3;3H,1H2,2H3;1-2H3. The van der Waals surface area contributed by atoms with Crippen molar-refractivity contribution in [3.05, 3.63) is 48.2 Å². The second-order valence-corrected chi connectivity index (χ2v) is 5.42. The van der Waals surface area contributed by atoms with Crippen molar-refractivity contribution in [3.63, 3.8) is 0 Å². The summed E-state index contributed by atoms with van der Waals surface area (Å²) in [5.41, 5.74) is 2.81. The van der Waals surface area contributed by atoms with Crippen LogP contribution in [0.15, 0.2) is 48.2 Å². The first-order valence-corrected chi connectivity index (χ1v) is 8.14. The van der Waals surface area contributed by atoms with Gasteiger partial charge < -0.3 is 9.80 Å². The van der Waals surface area contributed by atoms with Gasteiger partial charge in [-0.3, -0.25) is 0 Å². The van der Waals surface area contributed by atoms with Gasteiger partial charge in [-0.15, -0.1) is 6.58 Å². The molecule has 0 bridgehead atoms. The topological polar surface area (TPSA) is 6.48 Å². The third-order valence-electron chi connectivity index (χ3n) is 3.43. The lowest BCUT2D eigenvalue weighted by atomic mass is 10.1. The molecule has 1 atom stereocenters. The summed E-state index contributed by atoms with van der Waals surface area (Å²) in [6.45, 7) is 17.2. The zero-order valence-electron chi connectivity index (χ0n) is 14.9. The fourth-order valence-electron chi connectivity index (χ4n) is 2.43. The molecule has 0 aromatic carbocycles. The quantitative estimate of drug-likeness (QED) is 0.650. The molecule has 2 heteroatoms. The predicted octanol–water partition coefficient (Wildman–Crippen LogP) is 4.63. The third kappa shape index (κ3) is 7.33. The molecule has 1 aliphatic heterocycles. The second-order valence-electron chi connectivity index (χ2n) is 5.42. The van der Waals surface area contributed by atoms with E-state index in [9.17, 15) is 0 Å². The molecular weight excluding hydrogens is 256 g/mol. The highest BCUT2D eigenvalue weighted by molar-refractivity contribution is 5.30. The van der Waals surface area contributed by atoms with Gasteiger partial charge in [0, 0.05) is 31.4 Å². The van der Waals surface area contributed by atoms with E-state index in [1.165, 1.54) is 11.3 Å². The van der Waals surface area contributed by atoms with E-state index in [0.717, 1.165) is 26.1 Å². The van der Waals surface area contributed by atoms with Crippen molar-refractivity contribution in [1.29, 1.82) is 0 Å². The van der Waals surface area contributed by atoms with E-state index in [1.54, 1.807) is 6.08 Å². The van der Waals surface area contributed by atoms with Crippen LogP contribution in [-0.2, 0) is 0 Å². The van der Waals surface area contributed by atoms with Crippen LogP contribution in [0.5, 0.6) is 0 Å². The van der Waals surface area contributed by atoms with Crippen LogP contribution in [0.4, 0.5) is 0 Å². The van der Waals surface area contributed by atoms with Gasteiger partial charge in [-0.2, -0.15) is 0 Å². The Morgan fingerprint density at radius 1 is 1.24 bits per heavy atom. The molecule has 1 unspecified atom stereocenters. The number of nitrogens with zero attached hydrogens (tertiary/aromatic N) is 2. The smallest absolute Gasteiger partial charge is 0.0389 e. The molecular formula is C19H34N2. The minimum atomic E-state index is 0.612. The number of piperazine rings is 1. The number of rotatable bonds is 1. The molecule has 1 aliphatic carbocycles. The van der Waals surface area contributed by atoms with Crippen LogP contribution in [0.1, 0.15) is 41.0 Å². The van der Waals surface area contributed by atoms with Crippen molar-refractivity contribution in [2.45, 2.75) is 47.1 Å².